The molecule has 0 saturated heterocycles. The smallest absolute Gasteiger partial charge is 0.416 e. The summed E-state index contributed by atoms with van der Waals surface area (Å²) in [5, 5.41) is 4.36. The van der Waals surface area contributed by atoms with Crippen molar-refractivity contribution in [2.45, 2.75) is 52.7 Å². The Kier molecular flexibility index (Phi) is 5.03. The van der Waals surface area contributed by atoms with Crippen LogP contribution in [0.15, 0.2) is 4.60 Å². The van der Waals surface area contributed by atoms with E-state index >= 15 is 0 Å². The maximum absolute atomic E-state index is 12.5. The van der Waals surface area contributed by atoms with E-state index in [1.165, 1.54) is 4.90 Å². The van der Waals surface area contributed by atoms with Crippen LogP contribution in [-0.4, -0.2) is 40.6 Å². The third-order valence-electron chi connectivity index (χ3n) is 3.40. The number of anilines is 1. The minimum Gasteiger partial charge on any atom is -0.462 e. The van der Waals surface area contributed by atoms with Crippen molar-refractivity contribution < 1.29 is 19.1 Å². The summed E-state index contributed by atoms with van der Waals surface area (Å²) in [4.78, 5) is 26.2. The molecule has 2 heterocycles. The number of halogens is 1. The Morgan fingerprint density at radius 1 is 1.35 bits per heavy atom. The van der Waals surface area contributed by atoms with E-state index in [0.29, 0.717) is 17.0 Å². The molecule has 0 saturated carbocycles. The monoisotopic (exact) mass is 387 g/mol. The topological polar surface area (TPSA) is 73.7 Å². The third-order valence-corrected chi connectivity index (χ3v) is 3.96. The van der Waals surface area contributed by atoms with Crippen LogP contribution in [0, 0.1) is 0 Å². The van der Waals surface area contributed by atoms with Crippen molar-refractivity contribution in [2.24, 2.45) is 0 Å². The second kappa shape index (κ2) is 6.51. The molecule has 0 unspecified atom stereocenters. The van der Waals surface area contributed by atoms with Crippen molar-refractivity contribution >= 4 is 33.8 Å². The van der Waals surface area contributed by atoms with Crippen LogP contribution >= 0.6 is 15.9 Å². The van der Waals surface area contributed by atoms with E-state index in [1.54, 1.807) is 32.4 Å². The molecule has 0 spiro atoms. The van der Waals surface area contributed by atoms with Crippen LogP contribution in [0.4, 0.5) is 10.6 Å². The van der Waals surface area contributed by atoms with Gasteiger partial charge < -0.3 is 9.47 Å². The lowest BCUT2D eigenvalue weighted by molar-refractivity contribution is 0.0526. The van der Waals surface area contributed by atoms with Crippen LogP contribution in [0.2, 0.25) is 0 Å². The molecule has 7 nitrogen and oxygen atoms in total. The number of rotatable bonds is 3. The number of carbonyl (C=O) groups excluding carboxylic acids is 2. The average Bonchev–Trinajstić information content (AvgIpc) is 2.92. The quantitative estimate of drug-likeness (QED) is 0.741. The predicted octanol–water partition coefficient (Wildman–Crippen LogP) is 3.53. The lowest BCUT2D eigenvalue weighted by atomic mass is 10.2. The Hall–Kier alpha value is -1.57. The van der Waals surface area contributed by atoms with Crippen LogP contribution in [0.5, 0.6) is 0 Å². The number of ether oxygens (including phenoxy) is 2. The summed E-state index contributed by atoms with van der Waals surface area (Å²) < 4.78 is 12.6. The molecule has 1 amide bonds. The highest BCUT2D eigenvalue weighted by atomic mass is 79.9. The van der Waals surface area contributed by atoms with E-state index in [2.05, 4.69) is 21.0 Å². The second-order valence-corrected chi connectivity index (χ2v) is 7.06. The van der Waals surface area contributed by atoms with Crippen molar-refractivity contribution in [1.82, 2.24) is 9.78 Å². The van der Waals surface area contributed by atoms with Gasteiger partial charge in [0.2, 0.25) is 0 Å². The van der Waals surface area contributed by atoms with Gasteiger partial charge >= 0.3 is 12.1 Å². The molecule has 128 valence electrons. The molecule has 0 bridgehead atoms. The number of hydrogen-bond donors (Lipinski definition) is 0. The molecular weight excluding hydrogens is 366 g/mol. The fraction of sp³-hybridized carbons (Fsp3) is 0.667. The molecule has 8 heteroatoms. The highest BCUT2D eigenvalue weighted by Gasteiger charge is 2.40. The molecule has 23 heavy (non-hydrogen) atoms. The van der Waals surface area contributed by atoms with Gasteiger partial charge in [-0.3, -0.25) is 4.90 Å². The fourth-order valence-electron chi connectivity index (χ4n) is 2.45. The van der Waals surface area contributed by atoms with E-state index in [9.17, 15) is 9.59 Å². The lowest BCUT2D eigenvalue weighted by Gasteiger charge is -2.24. The number of nitrogens with zero attached hydrogens (tertiary/aromatic N) is 3. The molecule has 0 aromatic carbocycles. The SMILES string of the molecule is CCOC(=O)c1c(Br)nn2c1N(C(=O)OC(C)(C)C)C[C@H]2CC. The molecule has 0 fully saturated rings. The Bertz CT molecular complexity index is 621. The summed E-state index contributed by atoms with van der Waals surface area (Å²) in [5.41, 5.74) is -0.359. The van der Waals surface area contributed by atoms with Crippen molar-refractivity contribution in [3.63, 3.8) is 0 Å². The van der Waals surface area contributed by atoms with Gasteiger partial charge in [0, 0.05) is 0 Å². The van der Waals surface area contributed by atoms with E-state index in [1.807, 2.05) is 6.92 Å². The number of aromatic nitrogens is 2. The molecule has 1 aliphatic heterocycles. The Labute approximate surface area is 144 Å². The predicted molar refractivity (Wildman–Crippen MR) is 88.8 cm³/mol. The van der Waals surface area contributed by atoms with Gasteiger partial charge in [-0.25, -0.2) is 14.3 Å². The van der Waals surface area contributed by atoms with E-state index in [0.717, 1.165) is 6.42 Å². The van der Waals surface area contributed by atoms with Crippen LogP contribution in [-0.2, 0) is 9.47 Å². The van der Waals surface area contributed by atoms with Gasteiger partial charge in [-0.1, -0.05) is 6.92 Å². The van der Waals surface area contributed by atoms with Crippen LogP contribution in [0.1, 0.15) is 57.4 Å². The normalized spacial score (nSPS) is 17.1. The van der Waals surface area contributed by atoms with Crippen LogP contribution in [0.25, 0.3) is 0 Å². The van der Waals surface area contributed by atoms with Crippen molar-refractivity contribution in [1.29, 1.82) is 0 Å². The number of carbonyl (C=O) groups is 2. The number of amides is 1. The first-order valence-electron chi connectivity index (χ1n) is 7.65. The molecule has 0 aliphatic carbocycles. The first-order valence-corrected chi connectivity index (χ1v) is 8.44. The minimum absolute atomic E-state index is 0.00278. The van der Waals surface area contributed by atoms with Crippen molar-refractivity contribution in [3.05, 3.63) is 10.2 Å². The fourth-order valence-corrected chi connectivity index (χ4v) is 2.96. The zero-order chi connectivity index (χ0) is 17.4. The molecule has 2 rings (SSSR count). The Morgan fingerprint density at radius 3 is 2.52 bits per heavy atom. The first kappa shape index (κ1) is 17.8. The van der Waals surface area contributed by atoms with Crippen LogP contribution in [0.3, 0.4) is 0 Å². The number of esters is 1. The minimum atomic E-state index is -0.618. The zero-order valence-electron chi connectivity index (χ0n) is 14.1. The maximum atomic E-state index is 12.5. The van der Waals surface area contributed by atoms with Gasteiger partial charge in [0.25, 0.3) is 0 Å². The first-order chi connectivity index (χ1) is 10.7. The molecule has 1 aliphatic rings. The van der Waals surface area contributed by atoms with Gasteiger partial charge in [0.05, 0.1) is 19.2 Å². The summed E-state index contributed by atoms with van der Waals surface area (Å²) in [5.74, 6) is -0.0811. The highest BCUT2D eigenvalue weighted by molar-refractivity contribution is 9.10. The van der Waals surface area contributed by atoms with Gasteiger partial charge in [-0.2, -0.15) is 5.10 Å². The molecule has 0 radical (unpaired) electrons. The van der Waals surface area contributed by atoms with Gasteiger partial charge in [0.15, 0.2) is 5.82 Å². The largest absolute Gasteiger partial charge is 0.462 e. The van der Waals surface area contributed by atoms with Gasteiger partial charge in [-0.15, -0.1) is 0 Å². The zero-order valence-corrected chi connectivity index (χ0v) is 15.6. The van der Waals surface area contributed by atoms with Crippen LogP contribution < -0.4 is 4.90 Å². The number of fused-ring (bicyclic) bond motifs is 1. The average molecular weight is 388 g/mol. The molecule has 1 aromatic rings. The molecule has 1 aromatic heterocycles. The maximum Gasteiger partial charge on any atom is 0.416 e. The van der Waals surface area contributed by atoms with Gasteiger partial charge in [0.1, 0.15) is 15.8 Å². The molecular formula is C15H22BrN3O4. The number of hydrogen-bond acceptors (Lipinski definition) is 5. The van der Waals surface area contributed by atoms with Gasteiger partial charge in [-0.05, 0) is 50.0 Å². The third kappa shape index (κ3) is 3.52. The molecule has 1 atom stereocenters. The highest BCUT2D eigenvalue weighted by Crippen LogP contribution is 2.38. The lowest BCUT2D eigenvalue weighted by Crippen LogP contribution is -2.36. The van der Waals surface area contributed by atoms with Crippen molar-refractivity contribution in [2.75, 3.05) is 18.1 Å². The Balaban J connectivity index is 2.44. The summed E-state index contributed by atoms with van der Waals surface area (Å²) >= 11 is 3.30. The molecule has 0 N–H and O–H groups in total. The summed E-state index contributed by atoms with van der Waals surface area (Å²) in [6, 6.07) is -0.00278. The van der Waals surface area contributed by atoms with Crippen molar-refractivity contribution in [3.8, 4) is 0 Å². The summed E-state index contributed by atoms with van der Waals surface area (Å²) in [6.07, 6.45) is 0.288. The van der Waals surface area contributed by atoms with E-state index in [4.69, 9.17) is 9.47 Å². The van der Waals surface area contributed by atoms with E-state index in [-0.39, 0.29) is 18.2 Å². The summed E-state index contributed by atoms with van der Waals surface area (Å²) in [7, 11) is 0. The standard InChI is InChI=1S/C15H22BrN3O4/c1-6-9-8-18(14(21)23-15(3,4)5)12-10(13(20)22-7-2)11(16)17-19(9)12/h9H,6-8H2,1-5H3/t9-/m1/s1. The van der Waals surface area contributed by atoms with E-state index < -0.39 is 17.7 Å². The summed E-state index contributed by atoms with van der Waals surface area (Å²) in [6.45, 7) is 9.82. The Morgan fingerprint density at radius 2 is 2.00 bits per heavy atom. The second-order valence-electron chi connectivity index (χ2n) is 6.31.